The van der Waals surface area contributed by atoms with E-state index in [0.717, 1.165) is 4.57 Å². The average Bonchev–Trinajstić information content (AvgIpc) is 1.93. The first-order valence-electron chi connectivity index (χ1n) is 2.57. The summed E-state index contributed by atoms with van der Waals surface area (Å²) in [5.74, 6) is 0. The van der Waals surface area contributed by atoms with E-state index in [9.17, 15) is 9.59 Å². The zero-order chi connectivity index (χ0) is 7.72. The van der Waals surface area contributed by atoms with Crippen LogP contribution in [-0.4, -0.2) is 9.55 Å². The van der Waals surface area contributed by atoms with Crippen molar-refractivity contribution in [2.45, 2.75) is 0 Å². The number of hydrogen-bond donors (Lipinski definition) is 1. The van der Waals surface area contributed by atoms with Crippen LogP contribution in [0.1, 0.15) is 0 Å². The maximum Gasteiger partial charge on any atom is 0.328 e. The molecule has 54 valence electrons. The summed E-state index contributed by atoms with van der Waals surface area (Å²) in [6.07, 6.45) is 1.39. The first-order chi connectivity index (χ1) is 4.63. The van der Waals surface area contributed by atoms with Gasteiger partial charge in [-0.1, -0.05) is 0 Å². The lowest BCUT2D eigenvalue weighted by molar-refractivity contribution is 0.768. The minimum atomic E-state index is -0.384. The first-order valence-corrected chi connectivity index (χ1v) is 3.65. The smallest absolute Gasteiger partial charge is 0.313 e. The van der Waals surface area contributed by atoms with E-state index >= 15 is 0 Å². The first kappa shape index (κ1) is 7.52. The zero-order valence-corrected chi connectivity index (χ0v) is 7.38. The van der Waals surface area contributed by atoms with Crippen LogP contribution in [0.5, 0.6) is 0 Å². The molecule has 0 bridgehead atoms. The molecule has 0 spiro atoms. The summed E-state index contributed by atoms with van der Waals surface area (Å²) in [5, 5.41) is 0. The van der Waals surface area contributed by atoms with E-state index in [2.05, 4.69) is 4.98 Å². The fourth-order valence-corrected chi connectivity index (χ4v) is 1.05. The van der Waals surface area contributed by atoms with Crippen molar-refractivity contribution in [3.63, 3.8) is 0 Å². The molecule has 0 aliphatic rings. The number of rotatable bonds is 0. The Labute approximate surface area is 70.0 Å². The van der Waals surface area contributed by atoms with Crippen LogP contribution in [0.3, 0.4) is 0 Å². The van der Waals surface area contributed by atoms with E-state index in [1.807, 2.05) is 22.6 Å². The van der Waals surface area contributed by atoms with Crippen molar-refractivity contribution in [1.82, 2.24) is 9.55 Å². The minimum absolute atomic E-state index is 0.260. The molecule has 10 heavy (non-hydrogen) atoms. The third-order valence-corrected chi connectivity index (χ3v) is 1.91. The highest BCUT2D eigenvalue weighted by atomic mass is 127. The summed E-state index contributed by atoms with van der Waals surface area (Å²) < 4.78 is 1.54. The van der Waals surface area contributed by atoms with Gasteiger partial charge in [0.1, 0.15) is 0 Å². The molecule has 0 unspecified atom stereocenters. The fourth-order valence-electron chi connectivity index (χ4n) is 0.536. The summed E-state index contributed by atoms with van der Waals surface area (Å²) in [7, 11) is 1.43. The Bertz CT molecular complexity index is 351. The van der Waals surface area contributed by atoms with Crippen LogP contribution in [0.25, 0.3) is 0 Å². The molecule has 0 saturated heterocycles. The van der Waals surface area contributed by atoms with Gasteiger partial charge < -0.3 is 4.98 Å². The Hall–Kier alpha value is -0.590. The van der Waals surface area contributed by atoms with E-state index in [4.69, 9.17) is 0 Å². The van der Waals surface area contributed by atoms with Gasteiger partial charge in [0.2, 0.25) is 0 Å². The molecule has 4 nitrogen and oxygen atoms in total. The molecule has 1 heterocycles. The van der Waals surface area contributed by atoms with Crippen molar-refractivity contribution in [3.05, 3.63) is 30.6 Å². The maximum absolute atomic E-state index is 10.9. The van der Waals surface area contributed by atoms with Crippen LogP contribution in [0, 0.1) is 3.57 Å². The van der Waals surface area contributed by atoms with Gasteiger partial charge in [0.25, 0.3) is 5.56 Å². The van der Waals surface area contributed by atoms with Crippen molar-refractivity contribution < 1.29 is 0 Å². The summed E-state index contributed by atoms with van der Waals surface area (Å²) >= 11 is 1.86. The number of aromatic nitrogens is 2. The predicted molar refractivity (Wildman–Crippen MR) is 45.0 cm³/mol. The molecule has 1 N–H and O–H groups in total. The molecule has 0 amide bonds. The number of hydrogen-bond acceptors (Lipinski definition) is 2. The molecule has 0 aliphatic heterocycles. The molecule has 0 atom stereocenters. The van der Waals surface area contributed by atoms with Crippen LogP contribution in [0.4, 0.5) is 0 Å². The van der Waals surface area contributed by atoms with Gasteiger partial charge in [-0.25, -0.2) is 4.79 Å². The number of aromatic amines is 1. The molecule has 5 heteroatoms. The summed E-state index contributed by atoms with van der Waals surface area (Å²) in [6, 6.07) is 0. The monoisotopic (exact) mass is 252 g/mol. The molecule has 0 saturated carbocycles. The number of H-pyrrole nitrogens is 1. The highest BCUT2D eigenvalue weighted by Crippen LogP contribution is 1.88. The SMILES string of the molecule is Cn1c(=O)[nH]cc(I)c1=O. The number of halogens is 1. The van der Waals surface area contributed by atoms with Crippen molar-refractivity contribution in [2.24, 2.45) is 7.05 Å². The number of nitrogens with one attached hydrogen (secondary N) is 1. The third-order valence-electron chi connectivity index (χ3n) is 1.14. The topological polar surface area (TPSA) is 54.9 Å². The second-order valence-electron chi connectivity index (χ2n) is 1.81. The van der Waals surface area contributed by atoms with Crippen LogP contribution >= 0.6 is 22.6 Å². The molecule has 0 fully saturated rings. The van der Waals surface area contributed by atoms with E-state index in [1.54, 1.807) is 0 Å². The standard InChI is InChI=1S/C5H5IN2O2/c1-8-4(9)3(6)2-7-5(8)10/h2H,1H3,(H,7,10). The van der Waals surface area contributed by atoms with Gasteiger partial charge in [-0.15, -0.1) is 0 Å². The van der Waals surface area contributed by atoms with E-state index in [0.29, 0.717) is 3.57 Å². The lowest BCUT2D eigenvalue weighted by Gasteiger charge is -1.93. The van der Waals surface area contributed by atoms with Crippen molar-refractivity contribution in [3.8, 4) is 0 Å². The Kier molecular flexibility index (Phi) is 1.93. The molecule has 0 radical (unpaired) electrons. The van der Waals surface area contributed by atoms with Crippen molar-refractivity contribution in [2.75, 3.05) is 0 Å². The normalized spacial score (nSPS) is 9.80. The van der Waals surface area contributed by atoms with E-state index in [-0.39, 0.29) is 11.2 Å². The average molecular weight is 252 g/mol. The lowest BCUT2D eigenvalue weighted by Crippen LogP contribution is -2.33. The van der Waals surface area contributed by atoms with Crippen LogP contribution in [0.2, 0.25) is 0 Å². The van der Waals surface area contributed by atoms with Gasteiger partial charge in [-0.3, -0.25) is 9.36 Å². The maximum atomic E-state index is 10.9. The molecule has 0 aromatic carbocycles. The van der Waals surface area contributed by atoms with E-state index < -0.39 is 0 Å². The summed E-state index contributed by atoms with van der Waals surface area (Å²) in [5.41, 5.74) is -0.644. The Balaban J connectivity index is 3.66. The van der Waals surface area contributed by atoms with Gasteiger partial charge >= 0.3 is 5.69 Å². The van der Waals surface area contributed by atoms with Gasteiger partial charge in [0.05, 0.1) is 3.57 Å². The minimum Gasteiger partial charge on any atom is -0.313 e. The summed E-state index contributed by atoms with van der Waals surface area (Å²) in [4.78, 5) is 24.0. The van der Waals surface area contributed by atoms with E-state index in [1.165, 1.54) is 13.2 Å². The highest BCUT2D eigenvalue weighted by molar-refractivity contribution is 14.1. The second-order valence-corrected chi connectivity index (χ2v) is 2.97. The van der Waals surface area contributed by atoms with Gasteiger partial charge in [-0.05, 0) is 22.6 Å². The van der Waals surface area contributed by atoms with Crippen LogP contribution in [0.15, 0.2) is 15.8 Å². The van der Waals surface area contributed by atoms with Crippen LogP contribution in [-0.2, 0) is 7.05 Å². The molecular formula is C5H5IN2O2. The second kappa shape index (κ2) is 2.57. The molecule has 1 aromatic rings. The molecule has 1 rings (SSSR count). The third kappa shape index (κ3) is 1.13. The predicted octanol–water partition coefficient (Wildman–Crippen LogP) is -0.322. The van der Waals surface area contributed by atoms with Crippen molar-refractivity contribution in [1.29, 1.82) is 0 Å². The molecule has 0 aliphatic carbocycles. The Morgan fingerprint density at radius 2 is 2.20 bits per heavy atom. The van der Waals surface area contributed by atoms with Gasteiger partial charge in [0, 0.05) is 13.2 Å². The quantitative estimate of drug-likeness (QED) is 0.643. The number of nitrogens with zero attached hydrogens (tertiary/aromatic N) is 1. The Morgan fingerprint density at radius 3 is 2.70 bits per heavy atom. The lowest BCUT2D eigenvalue weighted by atomic mass is 10.6. The molecule has 1 aromatic heterocycles. The largest absolute Gasteiger partial charge is 0.328 e. The van der Waals surface area contributed by atoms with Crippen LogP contribution < -0.4 is 11.2 Å². The van der Waals surface area contributed by atoms with Gasteiger partial charge in [0.15, 0.2) is 0 Å². The van der Waals surface area contributed by atoms with Crippen molar-refractivity contribution >= 4 is 22.6 Å². The summed E-state index contributed by atoms with van der Waals surface area (Å²) in [6.45, 7) is 0. The molecular weight excluding hydrogens is 247 g/mol. The highest BCUT2D eigenvalue weighted by Gasteiger charge is 1.97. The fraction of sp³-hybridized carbons (Fsp3) is 0.200. The van der Waals surface area contributed by atoms with Gasteiger partial charge in [-0.2, -0.15) is 0 Å². The Morgan fingerprint density at radius 1 is 1.60 bits per heavy atom. The zero-order valence-electron chi connectivity index (χ0n) is 5.22.